The van der Waals surface area contributed by atoms with Gasteiger partial charge >= 0.3 is 0 Å². The van der Waals surface area contributed by atoms with Crippen molar-refractivity contribution >= 4 is 23.0 Å². The molecule has 0 aliphatic heterocycles. The normalized spacial score (nSPS) is 10.9. The molecule has 4 heteroatoms. The van der Waals surface area contributed by atoms with Gasteiger partial charge in [0.1, 0.15) is 0 Å². The summed E-state index contributed by atoms with van der Waals surface area (Å²) in [6.45, 7) is 4.40. The van der Waals surface area contributed by atoms with Crippen LogP contribution in [0, 0.1) is 26.2 Å². The fourth-order valence-electron chi connectivity index (χ4n) is 2.96. The van der Waals surface area contributed by atoms with E-state index in [1.807, 2.05) is 56.3 Å². The molecule has 0 aliphatic rings. The second-order valence-electron chi connectivity index (χ2n) is 5.82. The highest BCUT2D eigenvalue weighted by molar-refractivity contribution is 6.02. The molecule has 1 N–H and O–H groups in total. The van der Waals surface area contributed by atoms with Gasteiger partial charge in [-0.05, 0) is 31.5 Å². The van der Waals surface area contributed by atoms with Crippen LogP contribution in [0.3, 0.4) is 0 Å². The van der Waals surface area contributed by atoms with Gasteiger partial charge in [-0.1, -0.05) is 42.3 Å². The SMILES string of the molecule is C#CCn1c(C)c(/C=N\NC(=O)c2ccccc2C)c2ccccc21. The third-order valence-corrected chi connectivity index (χ3v) is 4.28. The Labute approximate surface area is 147 Å². The molecule has 0 radical (unpaired) electrons. The molecule has 2 aromatic carbocycles. The molecule has 25 heavy (non-hydrogen) atoms. The Morgan fingerprint density at radius 1 is 1.20 bits per heavy atom. The number of para-hydroxylation sites is 1. The van der Waals surface area contributed by atoms with E-state index < -0.39 is 0 Å². The third kappa shape index (κ3) is 3.17. The van der Waals surface area contributed by atoms with Crippen LogP contribution in [0.5, 0.6) is 0 Å². The zero-order valence-corrected chi connectivity index (χ0v) is 14.3. The highest BCUT2D eigenvalue weighted by Crippen LogP contribution is 2.24. The molecule has 0 bridgehead atoms. The van der Waals surface area contributed by atoms with Crippen molar-refractivity contribution < 1.29 is 4.79 Å². The van der Waals surface area contributed by atoms with Gasteiger partial charge in [-0.3, -0.25) is 4.79 Å². The summed E-state index contributed by atoms with van der Waals surface area (Å²) in [5.41, 5.74) is 7.17. The molecule has 0 unspecified atom stereocenters. The summed E-state index contributed by atoms with van der Waals surface area (Å²) in [6.07, 6.45) is 7.17. The lowest BCUT2D eigenvalue weighted by Gasteiger charge is -2.03. The van der Waals surface area contributed by atoms with Crippen molar-refractivity contribution in [2.75, 3.05) is 0 Å². The fourth-order valence-corrected chi connectivity index (χ4v) is 2.96. The highest BCUT2D eigenvalue weighted by Gasteiger charge is 2.12. The maximum Gasteiger partial charge on any atom is 0.271 e. The summed E-state index contributed by atoms with van der Waals surface area (Å²) in [4.78, 5) is 12.3. The van der Waals surface area contributed by atoms with Gasteiger partial charge in [-0.25, -0.2) is 5.43 Å². The first kappa shape index (κ1) is 16.5. The number of amides is 1. The van der Waals surface area contributed by atoms with Gasteiger partial charge in [0.05, 0.1) is 12.8 Å². The minimum absolute atomic E-state index is 0.223. The number of nitrogens with one attached hydrogen (secondary N) is 1. The van der Waals surface area contributed by atoms with Crippen LogP contribution in [-0.2, 0) is 6.54 Å². The molecule has 0 saturated heterocycles. The summed E-state index contributed by atoms with van der Waals surface area (Å²) in [5.74, 6) is 2.46. The molecule has 0 spiro atoms. The van der Waals surface area contributed by atoms with Gasteiger partial charge < -0.3 is 4.57 Å². The van der Waals surface area contributed by atoms with E-state index in [2.05, 4.69) is 21.0 Å². The minimum Gasteiger partial charge on any atom is -0.333 e. The van der Waals surface area contributed by atoms with E-state index in [1.54, 1.807) is 12.3 Å². The Kier molecular flexibility index (Phi) is 4.67. The summed E-state index contributed by atoms with van der Waals surface area (Å²) in [7, 11) is 0. The molecule has 3 aromatic rings. The van der Waals surface area contributed by atoms with Gasteiger partial charge in [0.2, 0.25) is 0 Å². The van der Waals surface area contributed by atoms with Crippen LogP contribution in [0.2, 0.25) is 0 Å². The summed E-state index contributed by atoms with van der Waals surface area (Å²) in [5, 5.41) is 5.21. The third-order valence-electron chi connectivity index (χ3n) is 4.28. The van der Waals surface area contributed by atoms with Gasteiger partial charge in [-0.15, -0.1) is 6.42 Å². The van der Waals surface area contributed by atoms with Gasteiger partial charge in [-0.2, -0.15) is 5.10 Å². The van der Waals surface area contributed by atoms with E-state index in [0.717, 1.165) is 27.7 Å². The molecule has 1 aromatic heterocycles. The molecular weight excluding hydrogens is 310 g/mol. The predicted octanol–water partition coefficient (Wildman–Crippen LogP) is 3.66. The molecule has 124 valence electrons. The number of benzene rings is 2. The lowest BCUT2D eigenvalue weighted by molar-refractivity contribution is 0.0954. The number of carbonyl (C=O) groups is 1. The zero-order chi connectivity index (χ0) is 17.8. The molecule has 4 nitrogen and oxygen atoms in total. The topological polar surface area (TPSA) is 46.4 Å². The van der Waals surface area contributed by atoms with E-state index in [0.29, 0.717) is 12.1 Å². The van der Waals surface area contributed by atoms with E-state index >= 15 is 0 Å². The van der Waals surface area contributed by atoms with Crippen molar-refractivity contribution in [2.45, 2.75) is 20.4 Å². The van der Waals surface area contributed by atoms with Crippen LogP contribution in [-0.4, -0.2) is 16.7 Å². The summed E-state index contributed by atoms with van der Waals surface area (Å²) < 4.78 is 2.07. The predicted molar refractivity (Wildman–Crippen MR) is 102 cm³/mol. The Hall–Kier alpha value is -3.32. The number of hydrogen-bond donors (Lipinski definition) is 1. The van der Waals surface area contributed by atoms with Crippen molar-refractivity contribution in [2.24, 2.45) is 5.10 Å². The number of hydrazone groups is 1. The Morgan fingerprint density at radius 3 is 2.68 bits per heavy atom. The number of aromatic nitrogens is 1. The smallest absolute Gasteiger partial charge is 0.271 e. The maximum absolute atomic E-state index is 12.3. The Morgan fingerprint density at radius 2 is 1.92 bits per heavy atom. The number of fused-ring (bicyclic) bond motifs is 1. The van der Waals surface area contributed by atoms with Crippen LogP contribution < -0.4 is 5.43 Å². The van der Waals surface area contributed by atoms with E-state index in [4.69, 9.17) is 6.42 Å². The lowest BCUT2D eigenvalue weighted by Crippen LogP contribution is -2.18. The average Bonchev–Trinajstić information content (AvgIpc) is 2.88. The first-order chi connectivity index (χ1) is 12.1. The molecule has 0 aliphatic carbocycles. The lowest BCUT2D eigenvalue weighted by atomic mass is 10.1. The zero-order valence-electron chi connectivity index (χ0n) is 14.3. The number of rotatable bonds is 4. The molecule has 0 fully saturated rings. The van der Waals surface area contributed by atoms with Crippen LogP contribution in [0.1, 0.15) is 27.2 Å². The second kappa shape index (κ2) is 7.06. The van der Waals surface area contributed by atoms with E-state index in [9.17, 15) is 4.79 Å². The molecule has 1 heterocycles. The van der Waals surface area contributed by atoms with Crippen LogP contribution in [0.15, 0.2) is 53.6 Å². The number of terminal acetylenes is 1. The fraction of sp³-hybridized carbons (Fsp3) is 0.143. The quantitative estimate of drug-likeness (QED) is 0.443. The number of carbonyl (C=O) groups excluding carboxylic acids is 1. The standard InChI is InChI=1S/C21H19N3O/c1-4-13-24-16(3)19(18-11-7-8-12-20(18)24)14-22-23-21(25)17-10-6-5-9-15(17)2/h1,5-12,14H,13H2,2-3H3,(H,23,25)/b22-14-. The van der Waals surface area contributed by atoms with Crippen molar-refractivity contribution in [1.82, 2.24) is 9.99 Å². The minimum atomic E-state index is -0.223. The second-order valence-corrected chi connectivity index (χ2v) is 5.82. The molecular formula is C21H19N3O. The number of nitrogens with zero attached hydrogens (tertiary/aromatic N) is 2. The van der Waals surface area contributed by atoms with Gasteiger partial charge in [0.15, 0.2) is 0 Å². The molecule has 0 saturated carbocycles. The van der Waals surface area contributed by atoms with E-state index in [1.165, 1.54) is 0 Å². The Bertz CT molecular complexity index is 1010. The summed E-state index contributed by atoms with van der Waals surface area (Å²) >= 11 is 0. The van der Waals surface area contributed by atoms with Crippen molar-refractivity contribution in [1.29, 1.82) is 0 Å². The van der Waals surface area contributed by atoms with Gasteiger partial charge in [0.25, 0.3) is 5.91 Å². The first-order valence-electron chi connectivity index (χ1n) is 8.03. The first-order valence-corrected chi connectivity index (χ1v) is 8.03. The van der Waals surface area contributed by atoms with Crippen molar-refractivity contribution in [3.8, 4) is 12.3 Å². The van der Waals surface area contributed by atoms with E-state index in [-0.39, 0.29) is 5.91 Å². The maximum atomic E-state index is 12.3. The van der Waals surface area contributed by atoms with Gasteiger partial charge in [0, 0.05) is 27.7 Å². The highest BCUT2D eigenvalue weighted by atomic mass is 16.2. The molecule has 1 amide bonds. The number of hydrogen-bond acceptors (Lipinski definition) is 2. The largest absolute Gasteiger partial charge is 0.333 e. The van der Waals surface area contributed by atoms with Crippen LogP contribution >= 0.6 is 0 Å². The van der Waals surface area contributed by atoms with Crippen molar-refractivity contribution in [3.05, 3.63) is 70.9 Å². The average molecular weight is 329 g/mol. The Balaban J connectivity index is 1.90. The van der Waals surface area contributed by atoms with Crippen LogP contribution in [0.25, 0.3) is 10.9 Å². The van der Waals surface area contributed by atoms with Crippen LogP contribution in [0.4, 0.5) is 0 Å². The molecule has 3 rings (SSSR count). The number of aryl methyl sites for hydroxylation is 1. The van der Waals surface area contributed by atoms with Crippen molar-refractivity contribution in [3.63, 3.8) is 0 Å². The molecule has 0 atom stereocenters. The monoisotopic (exact) mass is 329 g/mol. The summed E-state index contributed by atoms with van der Waals surface area (Å²) in [6, 6.07) is 15.4.